The van der Waals surface area contributed by atoms with E-state index in [1.165, 1.54) is 0 Å². The Morgan fingerprint density at radius 2 is 2.19 bits per heavy atom. The first-order valence-corrected chi connectivity index (χ1v) is 6.68. The number of nitrogens with zero attached hydrogens (tertiary/aromatic N) is 2. The van der Waals surface area contributed by atoms with Crippen molar-refractivity contribution in [3.05, 3.63) is 36.0 Å². The summed E-state index contributed by atoms with van der Waals surface area (Å²) in [7, 11) is 0. The van der Waals surface area contributed by atoms with Crippen molar-refractivity contribution in [2.45, 2.75) is 5.33 Å². The molecule has 80 valence electrons. The van der Waals surface area contributed by atoms with E-state index in [0.717, 1.165) is 26.7 Å². The Balaban J connectivity index is 2.11. The summed E-state index contributed by atoms with van der Waals surface area (Å²) in [4.78, 5) is 4.50. The lowest BCUT2D eigenvalue weighted by molar-refractivity contribution is 0.426. The van der Waals surface area contributed by atoms with Gasteiger partial charge in [-0.1, -0.05) is 33.2 Å². The van der Waals surface area contributed by atoms with Gasteiger partial charge in [0.2, 0.25) is 0 Å². The molecule has 0 spiro atoms. The Kier molecular flexibility index (Phi) is 2.49. The number of aromatic nitrogens is 2. The lowest BCUT2D eigenvalue weighted by Crippen LogP contribution is -1.71. The predicted molar refractivity (Wildman–Crippen MR) is 67.7 cm³/mol. The van der Waals surface area contributed by atoms with E-state index in [0.29, 0.717) is 5.33 Å². The second kappa shape index (κ2) is 3.99. The van der Waals surface area contributed by atoms with Gasteiger partial charge in [0.1, 0.15) is 0 Å². The summed E-state index contributed by atoms with van der Waals surface area (Å²) in [6.07, 6.45) is 0. The molecule has 2 aromatic heterocycles. The summed E-state index contributed by atoms with van der Waals surface area (Å²) in [5, 5.41) is 5.50. The van der Waals surface area contributed by atoms with Crippen LogP contribution in [0.15, 0.2) is 34.9 Å². The molecule has 0 amide bonds. The van der Waals surface area contributed by atoms with E-state index in [2.05, 4.69) is 32.1 Å². The molecule has 0 radical (unpaired) electrons. The third-order valence-corrected chi connectivity index (χ3v) is 3.83. The minimum absolute atomic E-state index is 0.696. The fourth-order valence-electron chi connectivity index (χ4n) is 1.45. The fourth-order valence-corrected chi connectivity index (χ4v) is 2.63. The van der Waals surface area contributed by atoms with Crippen molar-refractivity contribution in [3.63, 3.8) is 0 Å². The molecule has 3 rings (SSSR count). The normalized spacial score (nSPS) is 11.1. The Labute approximate surface area is 104 Å². The van der Waals surface area contributed by atoms with Crippen LogP contribution in [0.2, 0.25) is 0 Å². The van der Waals surface area contributed by atoms with Crippen molar-refractivity contribution in [2.24, 2.45) is 0 Å². The molecular weight excluding hydrogens is 288 g/mol. The quantitative estimate of drug-likeness (QED) is 0.674. The first-order chi connectivity index (χ1) is 7.86. The van der Waals surface area contributed by atoms with Crippen LogP contribution in [0, 0.1) is 0 Å². The monoisotopic (exact) mass is 294 g/mol. The molecule has 0 bridgehead atoms. The first kappa shape index (κ1) is 9.99. The third kappa shape index (κ3) is 1.66. The largest absolute Gasteiger partial charge is 0.353 e. The highest BCUT2D eigenvalue weighted by Gasteiger charge is 2.10. The molecule has 1 aromatic carbocycles. The molecule has 0 N–H and O–H groups in total. The van der Waals surface area contributed by atoms with E-state index < -0.39 is 0 Å². The van der Waals surface area contributed by atoms with Gasteiger partial charge in [-0.3, -0.25) is 0 Å². The highest BCUT2D eigenvalue weighted by Crippen LogP contribution is 2.30. The van der Waals surface area contributed by atoms with Crippen LogP contribution in [-0.4, -0.2) is 10.1 Å². The maximum Gasteiger partial charge on any atom is 0.195 e. The summed E-state index contributed by atoms with van der Waals surface area (Å²) in [5.74, 6) is 0.732. The topological polar surface area (TPSA) is 38.9 Å². The molecule has 0 unspecified atom stereocenters. The zero-order chi connectivity index (χ0) is 11.0. The van der Waals surface area contributed by atoms with Crippen LogP contribution in [0.1, 0.15) is 5.69 Å². The van der Waals surface area contributed by atoms with Gasteiger partial charge in [-0.25, -0.2) is 4.98 Å². The van der Waals surface area contributed by atoms with Gasteiger partial charge in [0.05, 0.1) is 15.9 Å². The van der Waals surface area contributed by atoms with E-state index in [1.54, 1.807) is 11.3 Å². The van der Waals surface area contributed by atoms with Gasteiger partial charge >= 0.3 is 0 Å². The number of hydrogen-bond donors (Lipinski definition) is 0. The van der Waals surface area contributed by atoms with Gasteiger partial charge in [0.15, 0.2) is 10.8 Å². The van der Waals surface area contributed by atoms with Crippen molar-refractivity contribution in [2.75, 3.05) is 0 Å². The number of benzene rings is 1. The van der Waals surface area contributed by atoms with E-state index >= 15 is 0 Å². The number of hydrogen-bond acceptors (Lipinski definition) is 4. The summed E-state index contributed by atoms with van der Waals surface area (Å²) >= 11 is 4.95. The molecule has 2 heterocycles. The zero-order valence-corrected chi connectivity index (χ0v) is 10.6. The molecule has 0 saturated carbocycles. The van der Waals surface area contributed by atoms with Crippen LogP contribution in [0.25, 0.3) is 21.0 Å². The zero-order valence-electron chi connectivity index (χ0n) is 8.18. The fraction of sp³-hybridized carbons (Fsp3) is 0.0909. The number of halogens is 1. The van der Waals surface area contributed by atoms with Crippen LogP contribution in [0.4, 0.5) is 0 Å². The van der Waals surface area contributed by atoms with Crippen LogP contribution in [0.3, 0.4) is 0 Å². The van der Waals surface area contributed by atoms with Gasteiger partial charge in [0, 0.05) is 11.4 Å². The number of alkyl halides is 1. The van der Waals surface area contributed by atoms with E-state index in [4.69, 9.17) is 4.52 Å². The first-order valence-electron chi connectivity index (χ1n) is 4.74. The molecule has 3 aromatic rings. The summed E-state index contributed by atoms with van der Waals surface area (Å²) in [5.41, 5.74) is 1.88. The van der Waals surface area contributed by atoms with Gasteiger partial charge < -0.3 is 4.52 Å². The third-order valence-electron chi connectivity index (χ3n) is 2.20. The molecule has 0 atom stereocenters. The van der Waals surface area contributed by atoms with Crippen LogP contribution in [0.5, 0.6) is 0 Å². The summed E-state index contributed by atoms with van der Waals surface area (Å²) in [6, 6.07) is 9.95. The lowest BCUT2D eigenvalue weighted by atomic mass is 10.3. The highest BCUT2D eigenvalue weighted by molar-refractivity contribution is 9.08. The van der Waals surface area contributed by atoms with Gasteiger partial charge in [-0.05, 0) is 12.1 Å². The van der Waals surface area contributed by atoms with Crippen LogP contribution < -0.4 is 0 Å². The van der Waals surface area contributed by atoms with E-state index in [1.807, 2.05) is 24.3 Å². The molecule has 0 saturated heterocycles. The van der Waals surface area contributed by atoms with Crippen LogP contribution >= 0.6 is 27.3 Å². The number of para-hydroxylation sites is 1. The molecule has 0 aliphatic carbocycles. The number of fused-ring (bicyclic) bond motifs is 1. The molecule has 16 heavy (non-hydrogen) atoms. The Morgan fingerprint density at radius 3 is 2.94 bits per heavy atom. The average Bonchev–Trinajstić information content (AvgIpc) is 2.95. The summed E-state index contributed by atoms with van der Waals surface area (Å²) in [6.45, 7) is 0. The number of rotatable bonds is 2. The Bertz CT molecular complexity index is 598. The smallest absolute Gasteiger partial charge is 0.195 e. The second-order valence-electron chi connectivity index (χ2n) is 3.30. The van der Waals surface area contributed by atoms with E-state index in [9.17, 15) is 0 Å². The molecule has 5 heteroatoms. The minimum Gasteiger partial charge on any atom is -0.353 e. The van der Waals surface area contributed by atoms with Crippen molar-refractivity contribution in [3.8, 4) is 10.8 Å². The molecule has 0 aliphatic rings. The maximum absolute atomic E-state index is 5.24. The molecular formula is C11H7BrN2OS. The predicted octanol–water partition coefficient (Wildman–Crippen LogP) is 3.85. The molecule has 0 aliphatic heterocycles. The second-order valence-corrected chi connectivity index (χ2v) is 4.89. The lowest BCUT2D eigenvalue weighted by Gasteiger charge is -1.82. The standard InChI is InChI=1S/C11H7BrN2OS/c12-6-7-5-9(15-14-7)11-13-8-3-1-2-4-10(8)16-11/h1-5H,6H2. The minimum atomic E-state index is 0.696. The van der Waals surface area contributed by atoms with Gasteiger partial charge in [0.25, 0.3) is 0 Å². The molecule has 0 fully saturated rings. The molecule has 3 nitrogen and oxygen atoms in total. The van der Waals surface area contributed by atoms with Crippen molar-refractivity contribution >= 4 is 37.5 Å². The number of thiazole rings is 1. The van der Waals surface area contributed by atoms with Gasteiger partial charge in [-0.2, -0.15) is 0 Å². The van der Waals surface area contributed by atoms with Crippen molar-refractivity contribution in [1.82, 2.24) is 10.1 Å². The van der Waals surface area contributed by atoms with E-state index in [-0.39, 0.29) is 0 Å². The highest BCUT2D eigenvalue weighted by atomic mass is 79.9. The van der Waals surface area contributed by atoms with Crippen LogP contribution in [-0.2, 0) is 5.33 Å². The Hall–Kier alpha value is -1.20. The summed E-state index contributed by atoms with van der Waals surface area (Å²) < 4.78 is 6.40. The average molecular weight is 295 g/mol. The SMILES string of the molecule is BrCc1cc(-c2nc3ccccc3s2)on1. The van der Waals surface area contributed by atoms with Gasteiger partial charge in [-0.15, -0.1) is 11.3 Å². The van der Waals surface area contributed by atoms with Crippen molar-refractivity contribution < 1.29 is 4.52 Å². The maximum atomic E-state index is 5.24. The van der Waals surface area contributed by atoms with Crippen molar-refractivity contribution in [1.29, 1.82) is 0 Å². The Morgan fingerprint density at radius 1 is 1.31 bits per heavy atom.